The predicted molar refractivity (Wildman–Crippen MR) is 135 cm³/mol. The molecule has 0 bridgehead atoms. The first-order valence-electron chi connectivity index (χ1n) is 9.43. The standard InChI is InChI=1S/C24H16BrCl3N2O3/c1-32-22-9-15(19(25)11-23(22)33-13-14-2-4-17(26)5-3-14)8-16(12-29)24(31)30-18-6-7-20(27)21(28)10-18/h2-11H,13H2,1H3,(H,30,31)/b16-8+. The van der Waals surface area contributed by atoms with Gasteiger partial charge in [0.25, 0.3) is 5.91 Å². The topological polar surface area (TPSA) is 71.3 Å². The van der Waals surface area contributed by atoms with E-state index >= 15 is 0 Å². The van der Waals surface area contributed by atoms with E-state index in [0.717, 1.165) is 5.56 Å². The first-order valence-corrected chi connectivity index (χ1v) is 11.4. The maximum absolute atomic E-state index is 12.6. The second kappa shape index (κ2) is 11.4. The molecule has 168 valence electrons. The van der Waals surface area contributed by atoms with E-state index in [1.807, 2.05) is 18.2 Å². The molecule has 33 heavy (non-hydrogen) atoms. The maximum Gasteiger partial charge on any atom is 0.266 e. The molecular formula is C24H16BrCl3N2O3. The lowest BCUT2D eigenvalue weighted by Crippen LogP contribution is -2.13. The summed E-state index contributed by atoms with van der Waals surface area (Å²) in [4.78, 5) is 12.6. The molecule has 1 N–H and O–H groups in total. The number of anilines is 1. The second-order valence-corrected chi connectivity index (χ2v) is 8.80. The van der Waals surface area contributed by atoms with E-state index in [1.54, 1.807) is 36.4 Å². The zero-order chi connectivity index (χ0) is 24.0. The number of nitrogens with zero attached hydrogens (tertiary/aromatic N) is 1. The number of methoxy groups -OCH3 is 1. The van der Waals surface area contributed by atoms with Gasteiger partial charge in [-0.05, 0) is 59.7 Å². The molecule has 0 heterocycles. The lowest BCUT2D eigenvalue weighted by Gasteiger charge is -2.13. The van der Waals surface area contributed by atoms with Crippen molar-refractivity contribution in [3.8, 4) is 17.6 Å². The zero-order valence-electron chi connectivity index (χ0n) is 17.2. The van der Waals surface area contributed by atoms with Crippen LogP contribution in [0.4, 0.5) is 5.69 Å². The highest BCUT2D eigenvalue weighted by Crippen LogP contribution is 2.35. The molecule has 0 aliphatic heterocycles. The van der Waals surface area contributed by atoms with Gasteiger partial charge in [0, 0.05) is 15.2 Å². The number of amides is 1. The van der Waals surface area contributed by atoms with Crippen molar-refractivity contribution in [1.29, 1.82) is 5.26 Å². The smallest absolute Gasteiger partial charge is 0.266 e. The Kier molecular flexibility index (Phi) is 8.65. The lowest BCUT2D eigenvalue weighted by atomic mass is 10.1. The highest BCUT2D eigenvalue weighted by molar-refractivity contribution is 9.10. The van der Waals surface area contributed by atoms with Crippen molar-refractivity contribution in [2.75, 3.05) is 12.4 Å². The highest BCUT2D eigenvalue weighted by Gasteiger charge is 2.14. The van der Waals surface area contributed by atoms with Crippen LogP contribution in [0.1, 0.15) is 11.1 Å². The van der Waals surface area contributed by atoms with Gasteiger partial charge in [-0.3, -0.25) is 4.79 Å². The Hall–Kier alpha value is -2.69. The summed E-state index contributed by atoms with van der Waals surface area (Å²) in [7, 11) is 1.51. The number of carbonyl (C=O) groups excluding carboxylic acids is 1. The molecule has 0 aliphatic carbocycles. The van der Waals surface area contributed by atoms with Gasteiger partial charge in [-0.25, -0.2) is 0 Å². The Morgan fingerprint density at radius 1 is 1.06 bits per heavy atom. The Balaban J connectivity index is 1.81. The second-order valence-electron chi connectivity index (χ2n) is 6.69. The van der Waals surface area contributed by atoms with E-state index in [2.05, 4.69) is 21.2 Å². The van der Waals surface area contributed by atoms with Gasteiger partial charge in [-0.2, -0.15) is 5.26 Å². The van der Waals surface area contributed by atoms with E-state index < -0.39 is 5.91 Å². The molecule has 0 saturated carbocycles. The summed E-state index contributed by atoms with van der Waals surface area (Å²) in [6.45, 7) is 0.310. The molecule has 3 rings (SSSR count). The Labute approximate surface area is 214 Å². The molecule has 3 aromatic carbocycles. The van der Waals surface area contributed by atoms with Crippen molar-refractivity contribution in [2.45, 2.75) is 6.61 Å². The van der Waals surface area contributed by atoms with Gasteiger partial charge in [0.15, 0.2) is 11.5 Å². The monoisotopic (exact) mass is 564 g/mol. The van der Waals surface area contributed by atoms with Crippen molar-refractivity contribution < 1.29 is 14.3 Å². The van der Waals surface area contributed by atoms with Gasteiger partial charge < -0.3 is 14.8 Å². The fraction of sp³-hybridized carbons (Fsp3) is 0.0833. The Bertz CT molecular complexity index is 1260. The van der Waals surface area contributed by atoms with Crippen molar-refractivity contribution in [3.05, 3.63) is 90.8 Å². The molecule has 0 aliphatic rings. The fourth-order valence-electron chi connectivity index (χ4n) is 2.75. The van der Waals surface area contributed by atoms with Crippen molar-refractivity contribution >= 4 is 68.4 Å². The summed E-state index contributed by atoms with van der Waals surface area (Å²) < 4.78 is 11.9. The van der Waals surface area contributed by atoms with Crippen LogP contribution in [0.5, 0.6) is 11.5 Å². The van der Waals surface area contributed by atoms with Gasteiger partial charge in [0.2, 0.25) is 0 Å². The number of hydrogen-bond donors (Lipinski definition) is 1. The molecule has 1 amide bonds. The van der Waals surface area contributed by atoms with Crippen molar-refractivity contribution in [2.24, 2.45) is 0 Å². The molecule has 0 fully saturated rings. The molecule has 0 spiro atoms. The molecule has 9 heteroatoms. The average Bonchev–Trinajstić information content (AvgIpc) is 2.80. The number of halogens is 4. The summed E-state index contributed by atoms with van der Waals surface area (Å²) in [5, 5.41) is 13.5. The van der Waals surface area contributed by atoms with Crippen LogP contribution in [-0.4, -0.2) is 13.0 Å². The van der Waals surface area contributed by atoms with Crippen molar-refractivity contribution in [3.63, 3.8) is 0 Å². The predicted octanol–water partition coefficient (Wildman–Crippen LogP) is 7.54. The number of rotatable bonds is 7. The number of nitriles is 1. The van der Waals surface area contributed by atoms with Crippen LogP contribution >= 0.6 is 50.7 Å². The van der Waals surface area contributed by atoms with Crippen LogP contribution in [0.2, 0.25) is 15.1 Å². The number of nitrogens with one attached hydrogen (secondary N) is 1. The molecule has 3 aromatic rings. The lowest BCUT2D eigenvalue weighted by molar-refractivity contribution is -0.112. The Morgan fingerprint density at radius 2 is 1.79 bits per heavy atom. The largest absolute Gasteiger partial charge is 0.493 e. The molecule has 5 nitrogen and oxygen atoms in total. The van der Waals surface area contributed by atoms with Crippen LogP contribution in [0.25, 0.3) is 6.08 Å². The first-order chi connectivity index (χ1) is 15.8. The van der Waals surface area contributed by atoms with Gasteiger partial charge in [0.05, 0.1) is 17.2 Å². The van der Waals surface area contributed by atoms with E-state index in [-0.39, 0.29) is 5.57 Å². The van der Waals surface area contributed by atoms with E-state index in [4.69, 9.17) is 44.3 Å². The molecule has 0 unspecified atom stereocenters. The minimum absolute atomic E-state index is 0.112. The molecule has 0 saturated heterocycles. The third kappa shape index (κ3) is 6.66. The summed E-state index contributed by atoms with van der Waals surface area (Å²) in [6, 6.07) is 17.3. The third-order valence-electron chi connectivity index (χ3n) is 4.43. The number of ether oxygens (including phenoxy) is 2. The first kappa shape index (κ1) is 24.9. The van der Waals surface area contributed by atoms with E-state index in [0.29, 0.717) is 48.9 Å². The fourth-order valence-corrected chi connectivity index (χ4v) is 3.61. The maximum atomic E-state index is 12.6. The van der Waals surface area contributed by atoms with E-state index in [1.165, 1.54) is 19.3 Å². The molecule has 0 radical (unpaired) electrons. The van der Waals surface area contributed by atoms with Gasteiger partial charge in [0.1, 0.15) is 18.2 Å². The summed E-state index contributed by atoms with van der Waals surface area (Å²) in [6.07, 6.45) is 1.45. The third-order valence-corrected chi connectivity index (χ3v) is 6.11. The van der Waals surface area contributed by atoms with Crippen LogP contribution < -0.4 is 14.8 Å². The SMILES string of the molecule is COc1cc(/C=C(\C#N)C(=O)Nc2ccc(Cl)c(Cl)c2)c(Br)cc1OCc1ccc(Cl)cc1. The number of hydrogen-bond acceptors (Lipinski definition) is 4. The molecule has 0 atom stereocenters. The number of benzene rings is 3. The highest BCUT2D eigenvalue weighted by atomic mass is 79.9. The minimum Gasteiger partial charge on any atom is -0.493 e. The van der Waals surface area contributed by atoms with Gasteiger partial charge >= 0.3 is 0 Å². The van der Waals surface area contributed by atoms with Gasteiger partial charge in [-0.1, -0.05) is 62.9 Å². The summed E-state index contributed by atoms with van der Waals surface area (Å²) in [5.74, 6) is 0.348. The quantitative estimate of drug-likeness (QED) is 0.237. The minimum atomic E-state index is -0.593. The van der Waals surface area contributed by atoms with Crippen LogP contribution in [0, 0.1) is 11.3 Å². The zero-order valence-corrected chi connectivity index (χ0v) is 21.0. The summed E-state index contributed by atoms with van der Waals surface area (Å²) in [5.41, 5.74) is 1.80. The molecule has 0 aromatic heterocycles. The summed E-state index contributed by atoms with van der Waals surface area (Å²) >= 11 is 21.3. The normalized spacial score (nSPS) is 11.0. The van der Waals surface area contributed by atoms with Gasteiger partial charge in [-0.15, -0.1) is 0 Å². The van der Waals surface area contributed by atoms with Crippen LogP contribution in [0.15, 0.2) is 64.6 Å². The molecular weight excluding hydrogens is 551 g/mol. The number of carbonyl (C=O) groups is 1. The van der Waals surface area contributed by atoms with Crippen molar-refractivity contribution in [1.82, 2.24) is 0 Å². The van der Waals surface area contributed by atoms with E-state index in [9.17, 15) is 10.1 Å². The average molecular weight is 567 g/mol. The van der Waals surface area contributed by atoms with Crippen LogP contribution in [0.3, 0.4) is 0 Å². The Morgan fingerprint density at radius 3 is 2.42 bits per heavy atom. The van der Waals surface area contributed by atoms with Crippen LogP contribution in [-0.2, 0) is 11.4 Å².